The highest BCUT2D eigenvalue weighted by Gasteiger charge is 2.38. The van der Waals surface area contributed by atoms with Gasteiger partial charge in [-0.2, -0.15) is 8.75 Å². The average Bonchev–Trinajstić information content (AvgIpc) is 3.16. The number of aromatic nitrogens is 2. The molecule has 25 heavy (non-hydrogen) atoms. The fraction of sp³-hybridized carbons (Fsp3) is 0.529. The lowest BCUT2D eigenvalue weighted by Gasteiger charge is -2.21. The molecule has 2 saturated heterocycles. The summed E-state index contributed by atoms with van der Waals surface area (Å²) in [6, 6.07) is 7.13. The van der Waals surface area contributed by atoms with Gasteiger partial charge < -0.3 is 4.90 Å². The maximum atomic E-state index is 11.5. The fourth-order valence-electron chi connectivity index (χ4n) is 3.82. The number of thioether (sulfide) groups is 1. The molecule has 2 aromatic rings. The third kappa shape index (κ3) is 3.77. The van der Waals surface area contributed by atoms with Crippen LogP contribution in [0.1, 0.15) is 30.0 Å². The molecule has 0 radical (unpaired) electrons. The molecule has 3 unspecified atom stereocenters. The second kappa shape index (κ2) is 6.98. The summed E-state index contributed by atoms with van der Waals surface area (Å²) < 4.78 is 32.2. The maximum absolute atomic E-state index is 11.5. The van der Waals surface area contributed by atoms with E-state index in [1.54, 1.807) is 23.9 Å². The molecule has 4 rings (SSSR count). The van der Waals surface area contributed by atoms with Crippen LogP contribution < -0.4 is 0 Å². The highest BCUT2D eigenvalue weighted by molar-refractivity contribution is 7.98. The third-order valence-electron chi connectivity index (χ3n) is 5.13. The molecule has 1 aromatic carbocycles. The molecule has 8 heteroatoms. The number of benzene rings is 1. The van der Waals surface area contributed by atoms with Gasteiger partial charge in [-0.25, -0.2) is 8.42 Å². The molecule has 2 aliphatic rings. The molecular weight excluding hydrogens is 374 g/mol. The highest BCUT2D eigenvalue weighted by Crippen LogP contribution is 2.41. The molecule has 2 aliphatic heterocycles. The first-order valence-electron chi connectivity index (χ1n) is 8.47. The quantitative estimate of drug-likeness (QED) is 0.725. The molecule has 0 spiro atoms. The fourth-order valence-corrected chi connectivity index (χ4v) is 6.18. The number of nitrogens with zero attached hydrogens (tertiary/aromatic N) is 3. The van der Waals surface area contributed by atoms with Crippen molar-refractivity contribution in [3.8, 4) is 0 Å². The van der Waals surface area contributed by atoms with Gasteiger partial charge in [-0.05, 0) is 43.0 Å². The lowest BCUT2D eigenvalue weighted by molar-refractivity contribution is 0.269. The second-order valence-electron chi connectivity index (χ2n) is 6.93. The van der Waals surface area contributed by atoms with E-state index in [1.165, 1.54) is 49.6 Å². The molecule has 0 N–H and O–H groups in total. The van der Waals surface area contributed by atoms with Crippen molar-refractivity contribution >= 4 is 33.3 Å². The maximum Gasteiger partial charge on any atom is 0.175 e. The number of sulfone groups is 1. The first kappa shape index (κ1) is 17.5. The lowest BCUT2D eigenvalue weighted by atomic mass is 9.89. The Balaban J connectivity index is 1.45. The van der Waals surface area contributed by atoms with Gasteiger partial charge in [-0.3, -0.25) is 0 Å². The summed E-state index contributed by atoms with van der Waals surface area (Å²) in [5.41, 5.74) is 2.28. The van der Waals surface area contributed by atoms with Crippen LogP contribution >= 0.6 is 23.5 Å². The molecular formula is C17H21N3O2S3. The molecule has 0 saturated carbocycles. The van der Waals surface area contributed by atoms with Crippen LogP contribution in [-0.2, 0) is 15.6 Å². The normalized spacial score (nSPS) is 26.0. The summed E-state index contributed by atoms with van der Waals surface area (Å²) >= 11 is 3.02. The Morgan fingerprint density at radius 1 is 1.24 bits per heavy atom. The Morgan fingerprint density at radius 2 is 2.04 bits per heavy atom. The van der Waals surface area contributed by atoms with E-state index in [0.717, 1.165) is 28.8 Å². The number of hydrogen-bond donors (Lipinski definition) is 0. The lowest BCUT2D eigenvalue weighted by Crippen LogP contribution is -2.25. The number of hydrogen-bond acceptors (Lipinski definition) is 7. The van der Waals surface area contributed by atoms with Crippen LogP contribution in [0.25, 0.3) is 0 Å². The molecule has 3 atom stereocenters. The first-order valence-corrected chi connectivity index (χ1v) is 12.1. The van der Waals surface area contributed by atoms with Gasteiger partial charge in [-0.1, -0.05) is 23.9 Å². The smallest absolute Gasteiger partial charge is 0.175 e. The van der Waals surface area contributed by atoms with Crippen LogP contribution in [0.2, 0.25) is 0 Å². The summed E-state index contributed by atoms with van der Waals surface area (Å²) in [6.07, 6.45) is 3.83. The van der Waals surface area contributed by atoms with E-state index in [4.69, 9.17) is 0 Å². The molecule has 2 bridgehead atoms. The van der Waals surface area contributed by atoms with Gasteiger partial charge in [0.05, 0.1) is 22.3 Å². The molecule has 3 heterocycles. The topological polar surface area (TPSA) is 63.2 Å². The van der Waals surface area contributed by atoms with Crippen molar-refractivity contribution in [3.05, 3.63) is 35.5 Å². The second-order valence-corrected chi connectivity index (χ2v) is 10.4. The Labute approximate surface area is 157 Å². The van der Waals surface area contributed by atoms with Crippen LogP contribution in [0.5, 0.6) is 0 Å². The van der Waals surface area contributed by atoms with Crippen molar-refractivity contribution in [2.24, 2.45) is 5.92 Å². The van der Waals surface area contributed by atoms with Gasteiger partial charge in [0.1, 0.15) is 5.03 Å². The van der Waals surface area contributed by atoms with E-state index in [1.807, 2.05) is 12.1 Å². The van der Waals surface area contributed by atoms with Crippen LogP contribution in [-0.4, -0.2) is 48.0 Å². The zero-order valence-corrected chi connectivity index (χ0v) is 16.5. The largest absolute Gasteiger partial charge is 0.302 e. The molecule has 2 fully saturated rings. The Morgan fingerprint density at radius 3 is 2.76 bits per heavy atom. The zero-order valence-electron chi connectivity index (χ0n) is 14.1. The predicted octanol–water partition coefficient (Wildman–Crippen LogP) is 3.04. The summed E-state index contributed by atoms with van der Waals surface area (Å²) in [7, 11) is -3.14. The predicted molar refractivity (Wildman–Crippen MR) is 101 cm³/mol. The summed E-state index contributed by atoms with van der Waals surface area (Å²) in [4.78, 5) is 2.92. The summed E-state index contributed by atoms with van der Waals surface area (Å²) in [5, 5.41) is 1.05. The Hall–Kier alpha value is -0.960. The molecule has 134 valence electrons. The van der Waals surface area contributed by atoms with Crippen LogP contribution in [0, 0.1) is 5.92 Å². The minimum Gasteiger partial charge on any atom is -0.302 e. The number of fused-ring (bicyclic) bond motifs is 2. The van der Waals surface area contributed by atoms with Gasteiger partial charge in [0.2, 0.25) is 0 Å². The standard InChI is InChI=1S/C17H21N3O2S3/c1-25(21,22)14-6-4-12(5-7-14)11-23-17-16(18-24-19-17)15-10-20-8-2-3-13(15)9-20/h4-7,13,15H,2-3,8-11H2,1H3. The van der Waals surface area contributed by atoms with Gasteiger partial charge in [-0.15, -0.1) is 0 Å². The Kier molecular flexibility index (Phi) is 4.87. The van der Waals surface area contributed by atoms with Crippen LogP contribution in [0.15, 0.2) is 34.2 Å². The Bertz CT molecular complexity index is 848. The summed E-state index contributed by atoms with van der Waals surface area (Å²) in [5.74, 6) is 2.03. The van der Waals surface area contributed by atoms with Crippen LogP contribution in [0.3, 0.4) is 0 Å². The van der Waals surface area contributed by atoms with Gasteiger partial charge in [0.25, 0.3) is 0 Å². The zero-order chi connectivity index (χ0) is 17.4. The van der Waals surface area contributed by atoms with E-state index in [-0.39, 0.29) is 0 Å². The van der Waals surface area contributed by atoms with Crippen molar-refractivity contribution in [1.82, 2.24) is 13.6 Å². The highest BCUT2D eigenvalue weighted by atomic mass is 32.2. The van der Waals surface area contributed by atoms with Crippen LogP contribution in [0.4, 0.5) is 0 Å². The van der Waals surface area contributed by atoms with Crippen molar-refractivity contribution in [2.75, 3.05) is 25.9 Å². The molecule has 5 nitrogen and oxygen atoms in total. The third-order valence-corrected chi connectivity index (χ3v) is 7.96. The average molecular weight is 396 g/mol. The number of rotatable bonds is 5. The number of piperidine rings is 1. The van der Waals surface area contributed by atoms with Crippen molar-refractivity contribution in [2.45, 2.75) is 34.4 Å². The monoisotopic (exact) mass is 395 g/mol. The SMILES string of the molecule is CS(=O)(=O)c1ccc(CSc2nsnc2C2CN3CCCC2C3)cc1. The van der Waals surface area contributed by atoms with Gasteiger partial charge in [0.15, 0.2) is 9.84 Å². The van der Waals surface area contributed by atoms with Crippen molar-refractivity contribution in [1.29, 1.82) is 0 Å². The van der Waals surface area contributed by atoms with Crippen molar-refractivity contribution < 1.29 is 8.42 Å². The molecule has 0 aliphatic carbocycles. The molecule has 1 aromatic heterocycles. The van der Waals surface area contributed by atoms with E-state index in [2.05, 4.69) is 13.6 Å². The van der Waals surface area contributed by atoms with Gasteiger partial charge >= 0.3 is 0 Å². The van der Waals surface area contributed by atoms with E-state index < -0.39 is 9.84 Å². The van der Waals surface area contributed by atoms with E-state index in [9.17, 15) is 8.42 Å². The molecule has 0 amide bonds. The van der Waals surface area contributed by atoms with E-state index >= 15 is 0 Å². The summed E-state index contributed by atoms with van der Waals surface area (Å²) in [6.45, 7) is 3.55. The van der Waals surface area contributed by atoms with Crippen molar-refractivity contribution in [3.63, 3.8) is 0 Å². The minimum absolute atomic E-state index is 0.365. The first-order chi connectivity index (χ1) is 12.0. The minimum atomic E-state index is -3.14. The van der Waals surface area contributed by atoms with Gasteiger partial charge in [0, 0.05) is 31.0 Å². The van der Waals surface area contributed by atoms with E-state index in [0.29, 0.717) is 10.8 Å².